The van der Waals surface area contributed by atoms with Crippen LogP contribution in [0.5, 0.6) is 5.75 Å². The van der Waals surface area contributed by atoms with Gasteiger partial charge in [0, 0.05) is 21.7 Å². The molecule has 0 aliphatic heterocycles. The van der Waals surface area contributed by atoms with Gasteiger partial charge in [0.25, 0.3) is 0 Å². The van der Waals surface area contributed by atoms with Gasteiger partial charge in [0.15, 0.2) is 0 Å². The highest BCUT2D eigenvalue weighted by Crippen LogP contribution is 2.46. The van der Waals surface area contributed by atoms with E-state index >= 15 is 0 Å². The number of sulfonamides is 1. The average Bonchev–Trinajstić information content (AvgIpc) is 3.54. The van der Waals surface area contributed by atoms with Crippen LogP contribution in [0, 0.1) is 11.7 Å². The first-order chi connectivity index (χ1) is 17.1. The zero-order valence-corrected chi connectivity index (χ0v) is 22.9. The first kappa shape index (κ1) is 27.6. The Morgan fingerprint density at radius 3 is 2.35 bits per heavy atom. The van der Waals surface area contributed by atoms with Crippen LogP contribution >= 0.6 is 15.9 Å². The molecule has 0 spiro atoms. The summed E-state index contributed by atoms with van der Waals surface area (Å²) in [5.41, 5.74) is 0.276. The Morgan fingerprint density at radius 1 is 1.14 bits per heavy atom. The smallest absolute Gasteiger partial charge is 0.419 e. The third-order valence-electron chi connectivity index (χ3n) is 6.12. The maximum atomic E-state index is 13.9. The fourth-order valence-electron chi connectivity index (χ4n) is 4.20. The van der Waals surface area contributed by atoms with Crippen molar-refractivity contribution in [3.8, 4) is 17.0 Å². The van der Waals surface area contributed by atoms with Crippen molar-refractivity contribution in [3.63, 3.8) is 0 Å². The van der Waals surface area contributed by atoms with Gasteiger partial charge >= 0.3 is 6.18 Å². The first-order valence-electron chi connectivity index (χ1n) is 11.4. The molecule has 200 valence electrons. The average molecular weight is 604 g/mol. The van der Waals surface area contributed by atoms with Gasteiger partial charge in [0.05, 0.1) is 41.0 Å². The van der Waals surface area contributed by atoms with Crippen LogP contribution in [0.3, 0.4) is 0 Å². The van der Waals surface area contributed by atoms with Crippen molar-refractivity contribution in [2.75, 3.05) is 7.11 Å². The van der Waals surface area contributed by atoms with E-state index in [1.807, 2.05) is 20.8 Å². The molecule has 2 aromatic carbocycles. The van der Waals surface area contributed by atoms with Gasteiger partial charge in [-0.3, -0.25) is 4.68 Å². The Kier molecular flexibility index (Phi) is 7.23. The van der Waals surface area contributed by atoms with Gasteiger partial charge in [-0.05, 0) is 85.8 Å². The van der Waals surface area contributed by atoms with Crippen LogP contribution in [0.15, 0.2) is 52.0 Å². The highest BCUT2D eigenvalue weighted by Gasteiger charge is 2.40. The number of nitrogens with zero attached hydrogens (tertiary/aromatic N) is 2. The van der Waals surface area contributed by atoms with Crippen LogP contribution in [0.4, 0.5) is 17.6 Å². The molecule has 1 aliphatic carbocycles. The van der Waals surface area contributed by atoms with E-state index in [1.165, 1.54) is 12.1 Å². The molecule has 3 aromatic rings. The molecule has 1 unspecified atom stereocenters. The van der Waals surface area contributed by atoms with Crippen molar-refractivity contribution < 1.29 is 30.7 Å². The van der Waals surface area contributed by atoms with Crippen LogP contribution in [-0.2, 0) is 21.7 Å². The summed E-state index contributed by atoms with van der Waals surface area (Å²) >= 11 is 3.42. The molecule has 6 nitrogen and oxygen atoms in total. The number of benzene rings is 2. The Morgan fingerprint density at radius 2 is 1.81 bits per heavy atom. The van der Waals surface area contributed by atoms with E-state index in [2.05, 4.69) is 25.8 Å². The second-order valence-electron chi connectivity index (χ2n) is 9.95. The summed E-state index contributed by atoms with van der Waals surface area (Å²) in [6, 6.07) is 6.00. The minimum Gasteiger partial charge on any atom is -0.496 e. The lowest BCUT2D eigenvalue weighted by Crippen LogP contribution is -2.31. The van der Waals surface area contributed by atoms with Crippen LogP contribution in [-0.4, -0.2) is 25.3 Å². The molecule has 1 saturated carbocycles. The molecule has 0 amide bonds. The van der Waals surface area contributed by atoms with Gasteiger partial charge < -0.3 is 4.74 Å². The molecule has 12 heteroatoms. The molecule has 37 heavy (non-hydrogen) atoms. The zero-order chi connectivity index (χ0) is 27.3. The number of aromatic nitrogens is 2. The van der Waals surface area contributed by atoms with Gasteiger partial charge in [-0.15, -0.1) is 0 Å². The number of halogens is 5. The molecule has 1 aliphatic rings. The van der Waals surface area contributed by atoms with Gasteiger partial charge in [-0.1, -0.05) is 0 Å². The van der Waals surface area contributed by atoms with E-state index in [4.69, 9.17) is 4.74 Å². The van der Waals surface area contributed by atoms with Crippen LogP contribution < -0.4 is 9.46 Å². The number of hydrogen-bond acceptors (Lipinski definition) is 4. The predicted molar refractivity (Wildman–Crippen MR) is 134 cm³/mol. The van der Waals surface area contributed by atoms with Crippen LogP contribution in [0.1, 0.15) is 50.8 Å². The van der Waals surface area contributed by atoms with Crippen LogP contribution in [0.2, 0.25) is 0 Å². The third kappa shape index (κ3) is 5.70. The van der Waals surface area contributed by atoms with E-state index in [0.29, 0.717) is 27.4 Å². The number of nitrogens with one attached hydrogen (secondary N) is 1. The lowest BCUT2D eigenvalue weighted by molar-refractivity contribution is -0.138. The fourth-order valence-corrected chi connectivity index (χ4v) is 6.04. The van der Waals surface area contributed by atoms with E-state index in [-0.39, 0.29) is 10.8 Å². The molecule has 0 radical (unpaired) electrons. The predicted octanol–water partition coefficient (Wildman–Crippen LogP) is 6.66. The van der Waals surface area contributed by atoms with Crippen molar-refractivity contribution in [3.05, 3.63) is 64.0 Å². The first-order valence-corrected chi connectivity index (χ1v) is 13.7. The van der Waals surface area contributed by atoms with Gasteiger partial charge in [-0.25, -0.2) is 17.5 Å². The fraction of sp³-hybridized carbons (Fsp3) is 0.400. The van der Waals surface area contributed by atoms with E-state index in [0.717, 1.165) is 32.1 Å². The number of alkyl halides is 3. The van der Waals surface area contributed by atoms with Crippen molar-refractivity contribution in [2.24, 2.45) is 5.92 Å². The maximum absolute atomic E-state index is 13.9. The molecule has 0 bridgehead atoms. The van der Waals surface area contributed by atoms with E-state index in [9.17, 15) is 26.0 Å². The van der Waals surface area contributed by atoms with Crippen LogP contribution in [0.25, 0.3) is 11.3 Å². The second kappa shape index (κ2) is 9.70. The monoisotopic (exact) mass is 603 g/mol. The highest BCUT2D eigenvalue weighted by atomic mass is 79.9. The summed E-state index contributed by atoms with van der Waals surface area (Å²) in [5, 5.41) is 4.55. The Bertz CT molecular complexity index is 1430. The molecule has 1 atom stereocenters. The molecule has 0 saturated heterocycles. The summed E-state index contributed by atoms with van der Waals surface area (Å²) in [6.07, 6.45) is -1.59. The summed E-state index contributed by atoms with van der Waals surface area (Å²) in [4.78, 5) is -0.351. The molecule has 1 fully saturated rings. The number of methoxy groups -OCH3 is 1. The lowest BCUT2D eigenvalue weighted by atomic mass is 9.98. The van der Waals surface area contributed by atoms with E-state index < -0.39 is 44.9 Å². The maximum Gasteiger partial charge on any atom is 0.419 e. The van der Waals surface area contributed by atoms with Gasteiger partial charge in [0.1, 0.15) is 11.6 Å². The molecule has 1 N–H and O–H groups in total. The molecule has 1 heterocycles. The second-order valence-corrected chi connectivity index (χ2v) is 12.5. The number of rotatable bonds is 7. The van der Waals surface area contributed by atoms with E-state index in [1.54, 1.807) is 16.9 Å². The van der Waals surface area contributed by atoms with Gasteiger partial charge in [0.2, 0.25) is 10.0 Å². The quantitative estimate of drug-likeness (QED) is 0.306. The van der Waals surface area contributed by atoms with Crippen molar-refractivity contribution in [1.82, 2.24) is 14.5 Å². The third-order valence-corrected chi connectivity index (χ3v) is 8.21. The minimum atomic E-state index is -4.70. The lowest BCUT2D eigenvalue weighted by Gasteiger charge is -2.26. The molecule has 4 rings (SSSR count). The largest absolute Gasteiger partial charge is 0.496 e. The summed E-state index contributed by atoms with van der Waals surface area (Å²) in [6.45, 7) is 5.82. The summed E-state index contributed by atoms with van der Waals surface area (Å²) in [7, 11) is -3.20. The van der Waals surface area contributed by atoms with Gasteiger partial charge in [-0.2, -0.15) is 18.3 Å². The summed E-state index contributed by atoms with van der Waals surface area (Å²) < 4.78 is 90.3. The van der Waals surface area contributed by atoms with Crippen molar-refractivity contribution in [2.45, 2.75) is 56.3 Å². The molecular formula is C25H26BrF4N3O3S. The molecule has 1 aromatic heterocycles. The Balaban J connectivity index is 1.81. The highest BCUT2D eigenvalue weighted by molar-refractivity contribution is 9.10. The SMILES string of the molecule is COc1cc(S(=O)(=O)NC(c2cnn(C(C)(C)C)c2-c2ccc(F)cc2Br)C2CC2)ccc1C(F)(F)F. The van der Waals surface area contributed by atoms with Crippen molar-refractivity contribution >= 4 is 26.0 Å². The molecular weight excluding hydrogens is 578 g/mol. The number of hydrogen-bond donors (Lipinski definition) is 1. The standard InChI is InChI=1S/C25H26BrF4N3O3S/c1-24(2,3)33-23(17-9-7-15(27)11-20(17)26)18(13-31-33)22(14-5-6-14)32-37(34,35)16-8-10-19(25(28,29)30)21(12-16)36-4/h7-14,22,32H,5-6H2,1-4H3. The Hall–Kier alpha value is -2.44. The van der Waals surface area contributed by atoms with Crippen molar-refractivity contribution in [1.29, 1.82) is 0 Å². The minimum absolute atomic E-state index is 0.0401. The Labute approximate surface area is 221 Å². The normalized spacial score (nSPS) is 15.6. The zero-order valence-electron chi connectivity index (χ0n) is 20.5. The topological polar surface area (TPSA) is 73.2 Å². The summed E-state index contributed by atoms with van der Waals surface area (Å²) in [5.74, 6) is -1.06. The number of ether oxygens (including phenoxy) is 1.